The second kappa shape index (κ2) is 3.47. The van der Waals surface area contributed by atoms with Crippen LogP contribution in [0.5, 0.6) is 0 Å². The maximum atomic E-state index is 11.2. The number of ether oxygens (including phenoxy) is 1. The summed E-state index contributed by atoms with van der Waals surface area (Å²) >= 11 is 0. The molecular weight excluding hydrogens is 170 g/mol. The number of nitrogens with zero attached hydrogens (tertiary/aromatic N) is 2. The van der Waals surface area contributed by atoms with Crippen LogP contribution in [0.15, 0.2) is 0 Å². The third-order valence-electron chi connectivity index (χ3n) is 1.93. The van der Waals surface area contributed by atoms with Crippen molar-refractivity contribution in [3.8, 4) is 0 Å². The van der Waals surface area contributed by atoms with Crippen molar-refractivity contribution in [3.05, 3.63) is 11.3 Å². The Balaban J connectivity index is 3.21. The minimum atomic E-state index is -0.441. The number of aryl methyl sites for hydroxylation is 1. The smallest absolute Gasteiger partial charge is 0.358 e. The Morgan fingerprint density at radius 3 is 2.77 bits per heavy atom. The van der Waals surface area contributed by atoms with E-state index >= 15 is 0 Å². The summed E-state index contributed by atoms with van der Waals surface area (Å²) in [4.78, 5) is 11.2. The van der Waals surface area contributed by atoms with E-state index in [1.54, 1.807) is 7.05 Å². The topological polar surface area (TPSA) is 70.1 Å². The van der Waals surface area contributed by atoms with Gasteiger partial charge in [-0.25, -0.2) is 4.79 Å². The lowest BCUT2D eigenvalue weighted by molar-refractivity contribution is 0.0592. The third kappa shape index (κ3) is 1.49. The molecule has 1 rings (SSSR count). The Kier molecular flexibility index (Phi) is 2.55. The van der Waals surface area contributed by atoms with Crippen LogP contribution in [0.25, 0.3) is 0 Å². The van der Waals surface area contributed by atoms with E-state index in [4.69, 9.17) is 5.73 Å². The normalized spacial score (nSPS) is 10.1. The molecule has 2 N–H and O–H groups in total. The first kappa shape index (κ1) is 9.57. The predicted octanol–water partition coefficient (Wildman–Crippen LogP) is 0.351. The number of nitrogens with two attached hydrogens (primary N) is 1. The molecule has 0 aromatic carbocycles. The molecule has 72 valence electrons. The highest BCUT2D eigenvalue weighted by Crippen LogP contribution is 2.16. The molecule has 0 saturated carbocycles. The molecule has 1 aromatic rings. The van der Waals surface area contributed by atoms with E-state index in [1.165, 1.54) is 11.8 Å². The molecule has 1 aromatic heterocycles. The van der Waals surface area contributed by atoms with Crippen LogP contribution in [0.2, 0.25) is 0 Å². The molecule has 0 unspecified atom stereocenters. The molecule has 0 bridgehead atoms. The Morgan fingerprint density at radius 1 is 1.69 bits per heavy atom. The van der Waals surface area contributed by atoms with E-state index < -0.39 is 5.97 Å². The Bertz CT molecular complexity index is 330. The van der Waals surface area contributed by atoms with E-state index in [0.717, 1.165) is 5.56 Å². The van der Waals surface area contributed by atoms with Crippen molar-refractivity contribution >= 4 is 11.8 Å². The van der Waals surface area contributed by atoms with E-state index in [9.17, 15) is 4.79 Å². The van der Waals surface area contributed by atoms with Crippen molar-refractivity contribution in [2.45, 2.75) is 13.3 Å². The molecule has 0 amide bonds. The van der Waals surface area contributed by atoms with Crippen molar-refractivity contribution in [1.29, 1.82) is 0 Å². The summed E-state index contributed by atoms with van der Waals surface area (Å²) in [6, 6.07) is 0. The predicted molar refractivity (Wildman–Crippen MR) is 48.3 cm³/mol. The second-order valence-corrected chi connectivity index (χ2v) is 2.68. The van der Waals surface area contributed by atoms with Gasteiger partial charge in [0.2, 0.25) is 0 Å². The fourth-order valence-corrected chi connectivity index (χ4v) is 1.19. The first-order valence-electron chi connectivity index (χ1n) is 4.01. The number of aromatic nitrogens is 2. The lowest BCUT2D eigenvalue weighted by atomic mass is 10.2. The van der Waals surface area contributed by atoms with Crippen molar-refractivity contribution in [2.75, 3.05) is 12.8 Å². The van der Waals surface area contributed by atoms with Gasteiger partial charge in [-0.2, -0.15) is 5.10 Å². The van der Waals surface area contributed by atoms with Crippen molar-refractivity contribution in [3.63, 3.8) is 0 Å². The fraction of sp³-hybridized carbons (Fsp3) is 0.500. The molecule has 5 heteroatoms. The highest BCUT2D eigenvalue weighted by molar-refractivity contribution is 5.90. The summed E-state index contributed by atoms with van der Waals surface area (Å²) < 4.78 is 6.05. The standard InChI is InChI=1S/C8H13N3O2/c1-4-5-6(8(12)13-3)10-11(2)7(5)9/h4,9H2,1-3H3. The Hall–Kier alpha value is -1.52. The number of esters is 1. The van der Waals surface area contributed by atoms with Gasteiger partial charge in [0, 0.05) is 12.6 Å². The fourth-order valence-electron chi connectivity index (χ4n) is 1.19. The van der Waals surface area contributed by atoms with Crippen LogP contribution >= 0.6 is 0 Å². The SMILES string of the molecule is CCc1c(C(=O)OC)nn(C)c1N. The van der Waals surface area contributed by atoms with Crippen LogP contribution in [0.3, 0.4) is 0 Å². The van der Waals surface area contributed by atoms with E-state index in [2.05, 4.69) is 9.84 Å². The first-order chi connectivity index (χ1) is 6.11. The monoisotopic (exact) mass is 183 g/mol. The third-order valence-corrected chi connectivity index (χ3v) is 1.93. The van der Waals surface area contributed by atoms with Crippen LogP contribution < -0.4 is 5.73 Å². The molecule has 5 nitrogen and oxygen atoms in total. The number of anilines is 1. The molecule has 0 spiro atoms. The maximum Gasteiger partial charge on any atom is 0.358 e. The lowest BCUT2D eigenvalue weighted by Crippen LogP contribution is -2.05. The minimum absolute atomic E-state index is 0.310. The van der Waals surface area contributed by atoms with E-state index in [1.807, 2.05) is 6.92 Å². The minimum Gasteiger partial charge on any atom is -0.464 e. The van der Waals surface area contributed by atoms with Gasteiger partial charge in [-0.3, -0.25) is 4.68 Å². The van der Waals surface area contributed by atoms with Crippen molar-refractivity contribution in [2.24, 2.45) is 7.05 Å². The highest BCUT2D eigenvalue weighted by atomic mass is 16.5. The summed E-state index contributed by atoms with van der Waals surface area (Å²) in [5.41, 5.74) is 6.75. The first-order valence-corrected chi connectivity index (χ1v) is 4.01. The average Bonchev–Trinajstić information content (AvgIpc) is 2.42. The molecule has 0 radical (unpaired) electrons. The molecule has 0 fully saturated rings. The Morgan fingerprint density at radius 2 is 2.31 bits per heavy atom. The van der Waals surface area contributed by atoms with Gasteiger partial charge in [0.15, 0.2) is 5.69 Å². The number of carbonyl (C=O) groups excluding carboxylic acids is 1. The molecule has 0 aliphatic carbocycles. The van der Waals surface area contributed by atoms with Crippen LogP contribution in [0.1, 0.15) is 23.0 Å². The van der Waals surface area contributed by atoms with Gasteiger partial charge in [-0.15, -0.1) is 0 Å². The molecule has 0 aliphatic heterocycles. The van der Waals surface area contributed by atoms with Gasteiger partial charge in [-0.05, 0) is 6.42 Å². The van der Waals surface area contributed by atoms with Gasteiger partial charge in [0.1, 0.15) is 5.82 Å². The quantitative estimate of drug-likeness (QED) is 0.672. The van der Waals surface area contributed by atoms with Gasteiger partial charge in [0.25, 0.3) is 0 Å². The molecular formula is C8H13N3O2. The van der Waals surface area contributed by atoms with Crippen molar-refractivity contribution in [1.82, 2.24) is 9.78 Å². The zero-order valence-corrected chi connectivity index (χ0v) is 8.00. The van der Waals surface area contributed by atoms with Crippen LogP contribution in [-0.2, 0) is 18.2 Å². The number of nitrogen functional groups attached to an aromatic ring is 1. The van der Waals surface area contributed by atoms with Crippen molar-refractivity contribution < 1.29 is 9.53 Å². The number of rotatable bonds is 2. The molecule has 0 atom stereocenters. The summed E-state index contributed by atoms with van der Waals surface area (Å²) in [5.74, 6) is 0.0760. The molecule has 1 heterocycles. The van der Waals surface area contributed by atoms with E-state index in [-0.39, 0.29) is 0 Å². The molecule has 0 aliphatic rings. The maximum absolute atomic E-state index is 11.2. The van der Waals surface area contributed by atoms with Gasteiger partial charge >= 0.3 is 5.97 Å². The number of hydrogen-bond acceptors (Lipinski definition) is 4. The summed E-state index contributed by atoms with van der Waals surface area (Å²) in [5, 5.41) is 3.97. The summed E-state index contributed by atoms with van der Waals surface area (Å²) in [6.45, 7) is 1.92. The molecule has 13 heavy (non-hydrogen) atoms. The van der Waals surface area contributed by atoms with Gasteiger partial charge in [-0.1, -0.05) is 6.92 Å². The van der Waals surface area contributed by atoms with E-state index in [0.29, 0.717) is 17.9 Å². The van der Waals surface area contributed by atoms with Crippen LogP contribution in [0.4, 0.5) is 5.82 Å². The largest absolute Gasteiger partial charge is 0.464 e. The Labute approximate surface area is 76.5 Å². The zero-order chi connectivity index (χ0) is 10.0. The highest BCUT2D eigenvalue weighted by Gasteiger charge is 2.18. The van der Waals surface area contributed by atoms with Gasteiger partial charge in [0.05, 0.1) is 7.11 Å². The number of carbonyl (C=O) groups is 1. The zero-order valence-electron chi connectivity index (χ0n) is 8.00. The van der Waals surface area contributed by atoms with Gasteiger partial charge < -0.3 is 10.5 Å². The number of hydrogen-bond donors (Lipinski definition) is 1. The summed E-state index contributed by atoms with van der Waals surface area (Å²) in [6.07, 6.45) is 0.671. The van der Waals surface area contributed by atoms with Crippen LogP contribution in [-0.4, -0.2) is 22.9 Å². The van der Waals surface area contributed by atoms with Crippen LogP contribution in [0, 0.1) is 0 Å². The second-order valence-electron chi connectivity index (χ2n) is 2.68. The average molecular weight is 183 g/mol. The molecule has 0 saturated heterocycles. The summed E-state index contributed by atoms with van der Waals surface area (Å²) in [7, 11) is 3.02. The number of methoxy groups -OCH3 is 1. The lowest BCUT2D eigenvalue weighted by Gasteiger charge is -1.97.